The second-order valence-electron chi connectivity index (χ2n) is 9.58. The minimum Gasteiger partial charge on any atom is -0.504 e. The molecular formula is C28H40O9. The van der Waals surface area contributed by atoms with Gasteiger partial charge < -0.3 is 44.5 Å². The molecule has 0 saturated heterocycles. The van der Waals surface area contributed by atoms with E-state index in [0.717, 1.165) is 36.8 Å². The lowest BCUT2D eigenvalue weighted by molar-refractivity contribution is -0.0765. The summed E-state index contributed by atoms with van der Waals surface area (Å²) < 4.78 is 21.9. The Labute approximate surface area is 218 Å². The van der Waals surface area contributed by atoms with E-state index in [1.165, 1.54) is 14.2 Å². The van der Waals surface area contributed by atoms with Gasteiger partial charge in [-0.25, -0.2) is 0 Å². The number of hydrogen-bond donors (Lipinski definition) is 5. The van der Waals surface area contributed by atoms with Crippen molar-refractivity contribution in [2.45, 2.75) is 69.7 Å². The molecule has 3 rings (SSSR count). The highest BCUT2D eigenvalue weighted by molar-refractivity contribution is 5.52. The lowest BCUT2D eigenvalue weighted by atomic mass is 9.90. The summed E-state index contributed by atoms with van der Waals surface area (Å²) in [6, 6.07) is 8.57. The Hall–Kier alpha value is -2.72. The summed E-state index contributed by atoms with van der Waals surface area (Å²) in [7, 11) is 2.87. The Bertz CT molecular complexity index is 949. The molecule has 1 saturated carbocycles. The van der Waals surface area contributed by atoms with Crippen LogP contribution in [0.15, 0.2) is 30.3 Å². The predicted molar refractivity (Wildman–Crippen MR) is 137 cm³/mol. The molecule has 2 aromatic carbocycles. The second-order valence-corrected chi connectivity index (χ2v) is 9.58. The highest BCUT2D eigenvalue weighted by Crippen LogP contribution is 2.38. The van der Waals surface area contributed by atoms with Gasteiger partial charge in [-0.3, -0.25) is 0 Å². The Morgan fingerprint density at radius 2 is 1.57 bits per heavy atom. The van der Waals surface area contributed by atoms with Gasteiger partial charge >= 0.3 is 0 Å². The van der Waals surface area contributed by atoms with E-state index in [9.17, 15) is 25.5 Å². The first-order chi connectivity index (χ1) is 17.9. The van der Waals surface area contributed by atoms with Gasteiger partial charge in [-0.2, -0.15) is 0 Å². The third-order valence-corrected chi connectivity index (χ3v) is 7.01. The largest absolute Gasteiger partial charge is 0.504 e. The van der Waals surface area contributed by atoms with Gasteiger partial charge in [0.15, 0.2) is 23.0 Å². The quantitative estimate of drug-likeness (QED) is 0.224. The topological polar surface area (TPSA) is 138 Å². The number of aliphatic hydroxyl groups is 3. The smallest absolute Gasteiger partial charge is 0.200 e. The van der Waals surface area contributed by atoms with Crippen LogP contribution in [0, 0.1) is 5.92 Å². The van der Waals surface area contributed by atoms with E-state index in [4.69, 9.17) is 18.9 Å². The number of aromatic hydroxyl groups is 2. The molecule has 0 heterocycles. The molecule has 9 heteroatoms. The summed E-state index contributed by atoms with van der Waals surface area (Å²) in [5.74, 6) is 0.451. The first kappa shape index (κ1) is 28.8. The van der Waals surface area contributed by atoms with Crippen LogP contribution >= 0.6 is 0 Å². The fourth-order valence-electron chi connectivity index (χ4n) is 4.85. The van der Waals surface area contributed by atoms with E-state index >= 15 is 0 Å². The molecule has 3 atom stereocenters. The van der Waals surface area contributed by atoms with E-state index in [-0.39, 0.29) is 42.1 Å². The summed E-state index contributed by atoms with van der Waals surface area (Å²) >= 11 is 0. The van der Waals surface area contributed by atoms with Crippen LogP contribution in [0.2, 0.25) is 0 Å². The van der Waals surface area contributed by atoms with Gasteiger partial charge in [-0.1, -0.05) is 6.07 Å². The number of methoxy groups -OCH3 is 2. The molecule has 0 radical (unpaired) electrons. The average molecular weight is 521 g/mol. The van der Waals surface area contributed by atoms with Gasteiger partial charge in [0.25, 0.3) is 0 Å². The van der Waals surface area contributed by atoms with E-state index in [2.05, 4.69) is 0 Å². The van der Waals surface area contributed by atoms with Gasteiger partial charge in [-0.15, -0.1) is 0 Å². The fraction of sp³-hybridized carbons (Fsp3) is 0.571. The monoisotopic (exact) mass is 520 g/mol. The Morgan fingerprint density at radius 1 is 0.919 bits per heavy atom. The van der Waals surface area contributed by atoms with Crippen molar-refractivity contribution in [2.75, 3.05) is 27.6 Å². The molecule has 0 aromatic heterocycles. The SMILES string of the molecule is COc1cc(C[C@H](CO)[C@H](O)C[C@H](CCc2ccc(O)c(OC3CCCC3)c2)OCO)cc(OC)c1O. The number of hydrogen-bond acceptors (Lipinski definition) is 9. The zero-order chi connectivity index (χ0) is 26.8. The van der Waals surface area contributed by atoms with E-state index < -0.39 is 24.9 Å². The minimum absolute atomic E-state index is 0.113. The number of benzene rings is 2. The average Bonchev–Trinajstić information content (AvgIpc) is 3.41. The summed E-state index contributed by atoms with van der Waals surface area (Å²) in [6.45, 7) is -0.752. The third kappa shape index (κ3) is 8.13. The van der Waals surface area contributed by atoms with E-state index in [1.54, 1.807) is 18.2 Å². The number of rotatable bonds is 15. The lowest BCUT2D eigenvalue weighted by Gasteiger charge is -2.26. The zero-order valence-electron chi connectivity index (χ0n) is 21.6. The third-order valence-electron chi connectivity index (χ3n) is 7.01. The standard InChI is InChI=1S/C28H40O9/c1-34-26-13-19(14-27(35-2)28(26)33)11-20(16-29)24(32)15-22(36-17-30)9-7-18-8-10-23(31)25(12-18)37-21-5-3-4-6-21/h8,10,12-14,20-22,24,29-33H,3-7,9,11,15-17H2,1-2H3/t20-,22+,24-/m1/s1. The van der Waals surface area contributed by atoms with Crippen molar-refractivity contribution in [1.82, 2.24) is 0 Å². The molecule has 9 nitrogen and oxygen atoms in total. The van der Waals surface area contributed by atoms with Crippen molar-refractivity contribution in [2.24, 2.45) is 5.92 Å². The zero-order valence-corrected chi connectivity index (χ0v) is 21.6. The molecule has 206 valence electrons. The molecule has 37 heavy (non-hydrogen) atoms. The van der Waals surface area contributed by atoms with Crippen LogP contribution in [0.5, 0.6) is 28.7 Å². The lowest BCUT2D eigenvalue weighted by Crippen LogP contribution is -2.31. The van der Waals surface area contributed by atoms with Crippen LogP contribution in [-0.2, 0) is 17.6 Å². The number of aliphatic hydroxyl groups excluding tert-OH is 3. The van der Waals surface area contributed by atoms with Gasteiger partial charge in [0, 0.05) is 12.5 Å². The molecular weight excluding hydrogens is 480 g/mol. The van der Waals surface area contributed by atoms with Crippen molar-refractivity contribution in [3.05, 3.63) is 41.5 Å². The van der Waals surface area contributed by atoms with Gasteiger partial charge in [-0.05, 0) is 86.8 Å². The minimum atomic E-state index is -0.909. The Balaban J connectivity index is 1.62. The first-order valence-electron chi connectivity index (χ1n) is 12.8. The molecule has 1 aliphatic carbocycles. The second kappa shape index (κ2) is 14.3. The highest BCUT2D eigenvalue weighted by atomic mass is 16.6. The number of phenolic OH excluding ortho intramolecular Hbond substituents is 2. The predicted octanol–water partition coefficient (Wildman–Crippen LogP) is 3.31. The molecule has 0 aliphatic heterocycles. The first-order valence-corrected chi connectivity index (χ1v) is 12.8. The Kier molecular flexibility index (Phi) is 11.1. The van der Waals surface area contributed by atoms with E-state index in [1.807, 2.05) is 12.1 Å². The van der Waals surface area contributed by atoms with Crippen molar-refractivity contribution >= 4 is 0 Å². The van der Waals surface area contributed by atoms with Crippen LogP contribution in [0.1, 0.15) is 49.7 Å². The van der Waals surface area contributed by atoms with Gasteiger partial charge in [0.05, 0.1) is 32.5 Å². The molecule has 0 spiro atoms. The molecule has 0 bridgehead atoms. The summed E-state index contributed by atoms with van der Waals surface area (Å²) in [5, 5.41) is 50.7. The fourth-order valence-corrected chi connectivity index (χ4v) is 4.85. The molecule has 0 amide bonds. The van der Waals surface area contributed by atoms with E-state index in [0.29, 0.717) is 25.0 Å². The van der Waals surface area contributed by atoms with Crippen LogP contribution in [0.25, 0.3) is 0 Å². The molecule has 5 N–H and O–H groups in total. The molecule has 0 unspecified atom stereocenters. The Morgan fingerprint density at radius 3 is 2.16 bits per heavy atom. The number of aryl methyl sites for hydroxylation is 1. The molecule has 2 aromatic rings. The van der Waals surface area contributed by atoms with Crippen LogP contribution in [0.4, 0.5) is 0 Å². The summed E-state index contributed by atoms with van der Waals surface area (Å²) in [5.41, 5.74) is 1.68. The molecule has 1 aliphatic rings. The maximum atomic E-state index is 10.9. The van der Waals surface area contributed by atoms with Crippen LogP contribution < -0.4 is 14.2 Å². The van der Waals surface area contributed by atoms with Crippen molar-refractivity contribution in [3.63, 3.8) is 0 Å². The summed E-state index contributed by atoms with van der Waals surface area (Å²) in [6.07, 6.45) is 4.65. The molecule has 1 fully saturated rings. The number of phenols is 2. The van der Waals surface area contributed by atoms with Crippen LogP contribution in [0.3, 0.4) is 0 Å². The normalized spacial score (nSPS) is 16.4. The maximum Gasteiger partial charge on any atom is 0.200 e. The van der Waals surface area contributed by atoms with Gasteiger partial charge in [0.2, 0.25) is 5.75 Å². The van der Waals surface area contributed by atoms with Crippen molar-refractivity contribution < 1.29 is 44.5 Å². The number of ether oxygens (including phenoxy) is 4. The maximum absolute atomic E-state index is 10.9. The van der Waals surface area contributed by atoms with Crippen molar-refractivity contribution in [3.8, 4) is 28.7 Å². The summed E-state index contributed by atoms with van der Waals surface area (Å²) in [4.78, 5) is 0. The van der Waals surface area contributed by atoms with Gasteiger partial charge in [0.1, 0.15) is 6.79 Å². The van der Waals surface area contributed by atoms with Crippen LogP contribution in [-0.4, -0.2) is 71.5 Å². The van der Waals surface area contributed by atoms with Crippen molar-refractivity contribution in [1.29, 1.82) is 0 Å². The highest BCUT2D eigenvalue weighted by Gasteiger charge is 2.25.